The van der Waals surface area contributed by atoms with Crippen molar-refractivity contribution in [1.82, 2.24) is 14.5 Å². The summed E-state index contributed by atoms with van der Waals surface area (Å²) >= 11 is 0. The Balaban J connectivity index is 0.851. The molecule has 0 saturated heterocycles. The van der Waals surface area contributed by atoms with Gasteiger partial charge < -0.3 is 9.88 Å². The minimum absolute atomic E-state index is 0.394. The average molecular weight is 1120 g/mol. The molecule has 0 saturated carbocycles. The Hall–Kier alpha value is -11.4. The summed E-state index contributed by atoms with van der Waals surface area (Å²) in [6.45, 7) is 0. The van der Waals surface area contributed by atoms with Crippen molar-refractivity contribution in [3.63, 3.8) is 0 Å². The number of nitrogens with zero attached hydrogens (tertiary/aromatic N) is 4. The molecule has 0 fully saturated rings. The lowest BCUT2D eigenvalue weighted by Gasteiger charge is -2.30. The normalized spacial score (nSPS) is 15.6. The maximum absolute atomic E-state index is 5.65. The zero-order chi connectivity index (χ0) is 57.4. The first kappa shape index (κ1) is 47.9. The minimum atomic E-state index is -0.538. The van der Waals surface area contributed by atoms with Gasteiger partial charge in [0.2, 0.25) is 5.96 Å². The van der Waals surface area contributed by atoms with Gasteiger partial charge in [0.05, 0.1) is 32.9 Å². The summed E-state index contributed by atoms with van der Waals surface area (Å²) in [4.78, 5) is 11.2. The van der Waals surface area contributed by atoms with Gasteiger partial charge in [-0.2, -0.15) is 4.99 Å². The minimum Gasteiger partial charge on any atom is -0.344 e. The van der Waals surface area contributed by atoms with E-state index in [0.717, 1.165) is 55.6 Å². The SMILES string of the molecule is c1ccc(C2=NC(n3c4ccc(-c5ccc6c(c5)c5ccc7c(c5n6-c5ccccc5)-c5ccccc5C75c6ccccc6-c6ccccc65)cc4c4ccc5c(c43)-c3ccccc3C53c4ccccc4-c4ccccc43)=NC(c3ccccc3)N2)cc1. The summed E-state index contributed by atoms with van der Waals surface area (Å²) < 4.78 is 4.92. The molecule has 1 aliphatic heterocycles. The van der Waals surface area contributed by atoms with Crippen molar-refractivity contribution in [2.45, 2.75) is 17.0 Å². The van der Waals surface area contributed by atoms with Gasteiger partial charge in [-0.1, -0.05) is 261 Å². The molecular weight excluding hydrogens is 1070 g/mol. The lowest BCUT2D eigenvalue weighted by atomic mass is 9.70. The standard InChI is InChI=1S/C83H51N5/c1-4-22-50(23-5-1)79-84-80(51-24-6-2-7-25-51)86-81(85-79)88-74-47-41-53(49-64(74)60-43-45-72-76(78(60)88)62-33-15-21-39-70(62)83(72)67-36-18-12-30-57(67)58-31-13-19-37-68(58)83)52-40-46-73-63(48-52)59-42-44-71-75(77(59)87(73)54-26-8-3-9-27-54)61-32-14-20-38-69(61)82(71)65-34-16-10-28-55(65)56-29-11-17-35-66(56)82/h1-49,79H,(H,84,85,86). The molecule has 88 heavy (non-hydrogen) atoms. The Labute approximate surface area is 508 Å². The highest BCUT2D eigenvalue weighted by Crippen LogP contribution is 2.66. The molecule has 2 spiro atoms. The molecule has 5 aliphatic rings. The van der Waals surface area contributed by atoms with Crippen LogP contribution in [0.3, 0.4) is 0 Å². The van der Waals surface area contributed by atoms with Gasteiger partial charge in [0, 0.05) is 43.9 Å². The van der Waals surface area contributed by atoms with E-state index in [-0.39, 0.29) is 0 Å². The molecule has 4 aliphatic carbocycles. The number of fused-ring (bicyclic) bond motifs is 28. The van der Waals surface area contributed by atoms with Crippen LogP contribution in [0.1, 0.15) is 61.8 Å². The predicted molar refractivity (Wildman–Crippen MR) is 360 cm³/mol. The molecule has 1 N–H and O–H groups in total. The summed E-state index contributed by atoms with van der Waals surface area (Å²) in [5, 5.41) is 8.49. The van der Waals surface area contributed by atoms with Gasteiger partial charge >= 0.3 is 0 Å². The van der Waals surface area contributed by atoms with Crippen molar-refractivity contribution in [2.75, 3.05) is 0 Å². The first-order valence-corrected chi connectivity index (χ1v) is 30.6. The molecule has 5 nitrogen and oxygen atoms in total. The number of rotatable bonds is 4. The topological polar surface area (TPSA) is 46.6 Å². The highest BCUT2D eigenvalue weighted by atomic mass is 15.3. The van der Waals surface area contributed by atoms with Gasteiger partial charge in [-0.3, -0.25) is 4.57 Å². The number of aromatic nitrogens is 2. The Morgan fingerprint density at radius 1 is 0.307 bits per heavy atom. The fourth-order valence-electron chi connectivity index (χ4n) is 16.9. The Morgan fingerprint density at radius 3 is 1.17 bits per heavy atom. The molecule has 3 heterocycles. The molecule has 13 aromatic carbocycles. The second-order valence-corrected chi connectivity index (χ2v) is 24.2. The third kappa shape index (κ3) is 6.04. The first-order valence-electron chi connectivity index (χ1n) is 30.6. The van der Waals surface area contributed by atoms with Crippen LogP contribution in [0.15, 0.2) is 307 Å². The summed E-state index contributed by atoms with van der Waals surface area (Å²) in [6.07, 6.45) is -0.394. The number of para-hydroxylation sites is 1. The van der Waals surface area contributed by atoms with Crippen LogP contribution in [-0.2, 0) is 10.8 Å². The van der Waals surface area contributed by atoms with Gasteiger partial charge in [-0.25, -0.2) is 4.99 Å². The van der Waals surface area contributed by atoms with Crippen LogP contribution in [0.25, 0.3) is 105 Å². The summed E-state index contributed by atoms with van der Waals surface area (Å²) in [5.41, 5.74) is 29.8. The van der Waals surface area contributed by atoms with E-state index in [1.165, 1.54) is 111 Å². The molecule has 1 atom stereocenters. The van der Waals surface area contributed by atoms with Crippen LogP contribution in [0.2, 0.25) is 0 Å². The summed E-state index contributed by atoms with van der Waals surface area (Å²) in [6, 6.07) is 111. The summed E-state index contributed by atoms with van der Waals surface area (Å²) in [5.74, 6) is 1.41. The van der Waals surface area contributed by atoms with Crippen LogP contribution >= 0.6 is 0 Å². The van der Waals surface area contributed by atoms with Crippen molar-refractivity contribution in [3.05, 3.63) is 353 Å². The van der Waals surface area contributed by atoms with Gasteiger partial charge in [-0.05, 0) is 131 Å². The van der Waals surface area contributed by atoms with E-state index in [9.17, 15) is 0 Å². The van der Waals surface area contributed by atoms with Crippen molar-refractivity contribution in [3.8, 4) is 61.3 Å². The monoisotopic (exact) mass is 1120 g/mol. The molecular formula is C83H51N5. The van der Waals surface area contributed by atoms with E-state index < -0.39 is 17.0 Å². The molecule has 1 unspecified atom stereocenters. The zero-order valence-electron chi connectivity index (χ0n) is 47.7. The molecule has 2 aromatic heterocycles. The molecule has 408 valence electrons. The Kier molecular flexibility index (Phi) is 9.58. The highest BCUT2D eigenvalue weighted by Gasteiger charge is 2.54. The van der Waals surface area contributed by atoms with E-state index in [2.05, 4.69) is 312 Å². The van der Waals surface area contributed by atoms with Crippen LogP contribution < -0.4 is 5.32 Å². The second kappa shape index (κ2) is 17.6. The maximum atomic E-state index is 5.65. The fourth-order valence-corrected chi connectivity index (χ4v) is 16.9. The molecule has 15 aromatic rings. The van der Waals surface area contributed by atoms with Gasteiger partial charge in [0.15, 0.2) is 0 Å². The van der Waals surface area contributed by atoms with Crippen LogP contribution in [0.5, 0.6) is 0 Å². The van der Waals surface area contributed by atoms with Crippen LogP contribution in [0, 0.1) is 0 Å². The van der Waals surface area contributed by atoms with Gasteiger partial charge in [-0.15, -0.1) is 0 Å². The van der Waals surface area contributed by atoms with Crippen molar-refractivity contribution in [2.24, 2.45) is 9.98 Å². The second-order valence-electron chi connectivity index (χ2n) is 24.2. The number of benzene rings is 13. The molecule has 5 heteroatoms. The van der Waals surface area contributed by atoms with Gasteiger partial charge in [0.1, 0.15) is 12.0 Å². The predicted octanol–water partition coefficient (Wildman–Crippen LogP) is 19.2. The zero-order valence-corrected chi connectivity index (χ0v) is 47.7. The number of hydrogen-bond donors (Lipinski definition) is 1. The highest BCUT2D eigenvalue weighted by molar-refractivity contribution is 6.23. The lowest BCUT2D eigenvalue weighted by molar-refractivity contribution is 0.668. The summed E-state index contributed by atoms with van der Waals surface area (Å²) in [7, 11) is 0. The van der Waals surface area contributed by atoms with E-state index in [4.69, 9.17) is 9.98 Å². The average Bonchev–Trinajstić information content (AvgIpc) is 1.51. The van der Waals surface area contributed by atoms with E-state index in [0.29, 0.717) is 5.96 Å². The third-order valence-corrected chi connectivity index (χ3v) is 20.2. The van der Waals surface area contributed by atoms with E-state index in [1.54, 1.807) is 0 Å². The maximum Gasteiger partial charge on any atom is 0.234 e. The largest absolute Gasteiger partial charge is 0.344 e. The smallest absolute Gasteiger partial charge is 0.234 e. The lowest BCUT2D eigenvalue weighted by Crippen LogP contribution is -2.35. The van der Waals surface area contributed by atoms with E-state index >= 15 is 0 Å². The number of amidine groups is 1. The number of aliphatic imine (C=N–C) groups is 2. The van der Waals surface area contributed by atoms with Crippen LogP contribution in [0.4, 0.5) is 0 Å². The quantitative estimate of drug-likeness (QED) is 0.188. The number of hydrogen-bond acceptors (Lipinski definition) is 3. The molecule has 0 amide bonds. The van der Waals surface area contributed by atoms with Crippen molar-refractivity contribution < 1.29 is 0 Å². The Morgan fingerprint density at radius 2 is 0.693 bits per heavy atom. The molecule has 0 radical (unpaired) electrons. The fraction of sp³-hybridized carbons (Fsp3) is 0.0361. The van der Waals surface area contributed by atoms with Crippen molar-refractivity contribution >= 4 is 55.4 Å². The van der Waals surface area contributed by atoms with Crippen LogP contribution in [-0.4, -0.2) is 20.9 Å². The number of nitrogens with one attached hydrogen (secondary N) is 1. The van der Waals surface area contributed by atoms with Gasteiger partial charge in [0.25, 0.3) is 0 Å². The van der Waals surface area contributed by atoms with E-state index in [1.807, 2.05) is 0 Å². The molecule has 20 rings (SSSR count). The first-order chi connectivity index (χ1) is 43.7. The third-order valence-electron chi connectivity index (χ3n) is 20.2. The van der Waals surface area contributed by atoms with Crippen molar-refractivity contribution in [1.29, 1.82) is 0 Å². The molecule has 0 bridgehead atoms. The Bertz CT molecular complexity index is 5520.